The van der Waals surface area contributed by atoms with E-state index in [9.17, 15) is 18.0 Å². The SMILES string of the molecule is Cc1ccc(-n2cnc3sccc3c2=O)cc1SCC(F)(F)F. The molecule has 0 fully saturated rings. The summed E-state index contributed by atoms with van der Waals surface area (Å²) in [5.74, 6) is -0.964. The van der Waals surface area contributed by atoms with Gasteiger partial charge in [-0.25, -0.2) is 4.98 Å². The molecule has 0 atom stereocenters. The number of thioether (sulfide) groups is 1. The second-order valence-corrected chi connectivity index (χ2v) is 6.82. The standard InChI is InChI=1S/C15H11F3N2OS2/c1-9-2-3-10(6-12(9)23-7-15(16,17)18)20-8-19-13-11(14(20)21)4-5-22-13/h2-6,8H,7H2,1H3. The normalized spacial score (nSPS) is 12.0. The molecule has 2 heterocycles. The Labute approximate surface area is 137 Å². The lowest BCUT2D eigenvalue weighted by Crippen LogP contribution is -2.18. The highest BCUT2D eigenvalue weighted by Gasteiger charge is 2.27. The van der Waals surface area contributed by atoms with Gasteiger partial charge in [0.1, 0.15) is 11.2 Å². The molecule has 120 valence electrons. The Kier molecular flexibility index (Phi) is 4.20. The van der Waals surface area contributed by atoms with Crippen molar-refractivity contribution in [1.29, 1.82) is 0 Å². The van der Waals surface area contributed by atoms with Crippen molar-refractivity contribution in [3.05, 3.63) is 51.9 Å². The van der Waals surface area contributed by atoms with E-state index >= 15 is 0 Å². The Morgan fingerprint density at radius 1 is 1.30 bits per heavy atom. The molecule has 1 aromatic carbocycles. The van der Waals surface area contributed by atoms with E-state index in [-0.39, 0.29) is 5.56 Å². The molecule has 0 spiro atoms. The first-order valence-corrected chi connectivity index (χ1v) is 8.47. The van der Waals surface area contributed by atoms with Crippen molar-refractivity contribution < 1.29 is 13.2 Å². The average Bonchev–Trinajstić information content (AvgIpc) is 2.96. The predicted molar refractivity (Wildman–Crippen MR) is 86.7 cm³/mol. The number of fused-ring (bicyclic) bond motifs is 1. The number of alkyl halides is 3. The molecule has 0 bridgehead atoms. The minimum Gasteiger partial charge on any atom is -0.268 e. The van der Waals surface area contributed by atoms with Crippen molar-refractivity contribution in [2.24, 2.45) is 0 Å². The molecule has 3 rings (SSSR count). The van der Waals surface area contributed by atoms with Crippen molar-refractivity contribution in [2.45, 2.75) is 18.0 Å². The summed E-state index contributed by atoms with van der Waals surface area (Å²) >= 11 is 2.08. The molecule has 0 saturated heterocycles. The molecular formula is C15H11F3N2OS2. The Bertz CT molecular complexity index is 915. The van der Waals surface area contributed by atoms with Gasteiger partial charge in [0.2, 0.25) is 0 Å². The number of rotatable bonds is 3. The van der Waals surface area contributed by atoms with Crippen molar-refractivity contribution in [3.63, 3.8) is 0 Å². The third-order valence-electron chi connectivity index (χ3n) is 3.23. The molecule has 0 aliphatic rings. The topological polar surface area (TPSA) is 34.9 Å². The zero-order chi connectivity index (χ0) is 16.6. The zero-order valence-corrected chi connectivity index (χ0v) is 13.6. The van der Waals surface area contributed by atoms with Crippen LogP contribution in [-0.4, -0.2) is 21.5 Å². The first-order chi connectivity index (χ1) is 10.8. The maximum atomic E-state index is 12.4. The van der Waals surface area contributed by atoms with Gasteiger partial charge < -0.3 is 0 Å². The van der Waals surface area contributed by atoms with Crippen LogP contribution < -0.4 is 5.56 Å². The van der Waals surface area contributed by atoms with E-state index in [0.29, 0.717) is 32.6 Å². The van der Waals surface area contributed by atoms with E-state index < -0.39 is 11.9 Å². The van der Waals surface area contributed by atoms with Crippen LogP contribution in [0, 0.1) is 6.92 Å². The summed E-state index contributed by atoms with van der Waals surface area (Å²) in [7, 11) is 0. The molecule has 2 aromatic heterocycles. The van der Waals surface area contributed by atoms with E-state index in [1.807, 2.05) is 0 Å². The molecule has 3 aromatic rings. The molecule has 23 heavy (non-hydrogen) atoms. The van der Waals surface area contributed by atoms with Crippen LogP contribution in [-0.2, 0) is 0 Å². The fourth-order valence-corrected chi connectivity index (χ4v) is 3.64. The molecular weight excluding hydrogens is 345 g/mol. The van der Waals surface area contributed by atoms with Gasteiger partial charge in [-0.15, -0.1) is 23.1 Å². The van der Waals surface area contributed by atoms with E-state index in [1.54, 1.807) is 36.6 Å². The summed E-state index contributed by atoms with van der Waals surface area (Å²) in [6.07, 6.45) is -2.83. The fourth-order valence-electron chi connectivity index (χ4n) is 2.09. The third-order valence-corrected chi connectivity index (χ3v) is 5.27. The van der Waals surface area contributed by atoms with Crippen LogP contribution in [0.3, 0.4) is 0 Å². The third kappa shape index (κ3) is 3.42. The summed E-state index contributed by atoms with van der Waals surface area (Å²) < 4.78 is 38.6. The van der Waals surface area contributed by atoms with Gasteiger partial charge in [-0.2, -0.15) is 13.2 Å². The minimum atomic E-state index is -4.24. The maximum absolute atomic E-state index is 12.4. The van der Waals surface area contributed by atoms with Crippen molar-refractivity contribution in [1.82, 2.24) is 9.55 Å². The highest BCUT2D eigenvalue weighted by Crippen LogP contribution is 2.30. The molecule has 0 amide bonds. The Morgan fingerprint density at radius 2 is 2.09 bits per heavy atom. The quantitative estimate of drug-likeness (QED) is 0.652. The number of halogens is 3. The summed E-state index contributed by atoms with van der Waals surface area (Å²) in [6, 6.07) is 6.69. The Balaban J connectivity index is 2.02. The summed E-state index contributed by atoms with van der Waals surface area (Å²) in [5, 5.41) is 2.28. The monoisotopic (exact) mass is 356 g/mol. The van der Waals surface area contributed by atoms with Gasteiger partial charge in [0.05, 0.1) is 16.8 Å². The van der Waals surface area contributed by atoms with Crippen molar-refractivity contribution >= 4 is 33.3 Å². The van der Waals surface area contributed by atoms with Crippen LogP contribution in [0.2, 0.25) is 0 Å². The highest BCUT2D eigenvalue weighted by molar-refractivity contribution is 7.99. The van der Waals surface area contributed by atoms with Crippen LogP contribution >= 0.6 is 23.1 Å². The van der Waals surface area contributed by atoms with Crippen LogP contribution in [0.25, 0.3) is 15.9 Å². The smallest absolute Gasteiger partial charge is 0.268 e. The molecule has 0 N–H and O–H groups in total. The lowest BCUT2D eigenvalue weighted by atomic mass is 10.2. The number of hydrogen-bond acceptors (Lipinski definition) is 4. The van der Waals surface area contributed by atoms with Gasteiger partial charge in [-0.1, -0.05) is 6.07 Å². The van der Waals surface area contributed by atoms with Crippen molar-refractivity contribution in [2.75, 3.05) is 5.75 Å². The molecule has 3 nitrogen and oxygen atoms in total. The fraction of sp³-hybridized carbons (Fsp3) is 0.200. The first kappa shape index (κ1) is 16.1. The highest BCUT2D eigenvalue weighted by atomic mass is 32.2. The number of nitrogens with zero attached hydrogens (tertiary/aromatic N) is 2. The Morgan fingerprint density at radius 3 is 2.83 bits per heavy atom. The molecule has 0 unspecified atom stereocenters. The number of aryl methyl sites for hydroxylation is 1. The molecule has 0 saturated carbocycles. The minimum absolute atomic E-state index is 0.230. The number of aromatic nitrogens is 2. The summed E-state index contributed by atoms with van der Waals surface area (Å²) in [5.41, 5.74) is 1.01. The van der Waals surface area contributed by atoms with E-state index in [4.69, 9.17) is 0 Å². The zero-order valence-electron chi connectivity index (χ0n) is 11.9. The van der Waals surface area contributed by atoms with Gasteiger partial charge >= 0.3 is 6.18 Å². The number of benzene rings is 1. The van der Waals surface area contributed by atoms with Crippen LogP contribution in [0.1, 0.15) is 5.56 Å². The van der Waals surface area contributed by atoms with E-state index in [1.165, 1.54) is 22.2 Å². The molecule has 0 radical (unpaired) electrons. The van der Waals surface area contributed by atoms with Gasteiger partial charge in [-0.05, 0) is 36.1 Å². The maximum Gasteiger partial charge on any atom is 0.398 e. The van der Waals surface area contributed by atoms with Crippen LogP contribution in [0.5, 0.6) is 0 Å². The largest absolute Gasteiger partial charge is 0.398 e. The van der Waals surface area contributed by atoms with Gasteiger partial charge in [0, 0.05) is 4.90 Å². The molecule has 0 aliphatic heterocycles. The van der Waals surface area contributed by atoms with E-state index in [0.717, 1.165) is 5.56 Å². The predicted octanol–water partition coefficient (Wildman–Crippen LogP) is 4.41. The second-order valence-electron chi connectivity index (χ2n) is 4.91. The first-order valence-electron chi connectivity index (χ1n) is 6.60. The average molecular weight is 356 g/mol. The second kappa shape index (κ2) is 6.01. The van der Waals surface area contributed by atoms with Gasteiger partial charge in [-0.3, -0.25) is 9.36 Å². The summed E-state index contributed by atoms with van der Waals surface area (Å²) in [6.45, 7) is 1.74. The van der Waals surface area contributed by atoms with Crippen molar-refractivity contribution in [3.8, 4) is 5.69 Å². The number of hydrogen-bond donors (Lipinski definition) is 0. The Hall–Kier alpha value is -1.80. The van der Waals surface area contributed by atoms with Gasteiger partial charge in [0.15, 0.2) is 0 Å². The lowest BCUT2D eigenvalue weighted by molar-refractivity contribution is -0.105. The van der Waals surface area contributed by atoms with Gasteiger partial charge in [0.25, 0.3) is 5.56 Å². The van der Waals surface area contributed by atoms with Crippen LogP contribution in [0.15, 0.2) is 45.7 Å². The number of thiophene rings is 1. The summed E-state index contributed by atoms with van der Waals surface area (Å²) in [4.78, 5) is 17.8. The molecule has 0 aliphatic carbocycles. The van der Waals surface area contributed by atoms with Crippen LogP contribution in [0.4, 0.5) is 13.2 Å². The molecule has 8 heteroatoms. The van der Waals surface area contributed by atoms with E-state index in [2.05, 4.69) is 4.98 Å². The lowest BCUT2D eigenvalue weighted by Gasteiger charge is -2.11.